The first-order valence-corrected chi connectivity index (χ1v) is 7.80. The molecule has 124 valence electrons. The van der Waals surface area contributed by atoms with E-state index in [0.29, 0.717) is 18.8 Å². The van der Waals surface area contributed by atoms with E-state index in [1.54, 1.807) is 0 Å². The second-order valence-corrected chi connectivity index (χ2v) is 6.83. The van der Waals surface area contributed by atoms with Gasteiger partial charge in [0.15, 0.2) is 0 Å². The minimum Gasteiger partial charge on any atom is -0.386 e. The normalized spacial score (nSPS) is 23.0. The summed E-state index contributed by atoms with van der Waals surface area (Å²) in [5.41, 5.74) is 7.65. The van der Waals surface area contributed by atoms with Gasteiger partial charge in [-0.3, -0.25) is 0 Å². The zero-order valence-electron chi connectivity index (χ0n) is 13.6. The van der Waals surface area contributed by atoms with Crippen LogP contribution in [0.25, 0.3) is 0 Å². The smallest absolute Gasteiger partial charge is 0.299 e. The topological polar surface area (TPSA) is 84.9 Å². The lowest BCUT2D eigenvalue weighted by Gasteiger charge is -2.43. The molecule has 2 unspecified atom stereocenters. The van der Waals surface area contributed by atoms with Crippen LogP contribution in [0, 0.1) is 5.41 Å². The standard InChI is InChI=1S/C17H27NO4/c1-4-5-12-6-8-13(9-7-12)14(19)15(18)17(20)21-10-16(2,3)11-22-17/h6-9,14-15,19-20H,4-5,10-11,18H2,1-3H3. The first kappa shape index (κ1) is 17.4. The summed E-state index contributed by atoms with van der Waals surface area (Å²) in [5.74, 6) is -1.96. The highest BCUT2D eigenvalue weighted by molar-refractivity contribution is 5.25. The zero-order chi connectivity index (χ0) is 16.4. The van der Waals surface area contributed by atoms with E-state index in [9.17, 15) is 10.2 Å². The Morgan fingerprint density at radius 2 is 1.73 bits per heavy atom. The van der Waals surface area contributed by atoms with Crippen LogP contribution in [0.3, 0.4) is 0 Å². The molecule has 5 heteroatoms. The monoisotopic (exact) mass is 309 g/mol. The van der Waals surface area contributed by atoms with Gasteiger partial charge in [0.1, 0.15) is 12.1 Å². The molecule has 1 aliphatic heterocycles. The van der Waals surface area contributed by atoms with E-state index in [2.05, 4.69) is 6.92 Å². The summed E-state index contributed by atoms with van der Waals surface area (Å²) in [6.45, 7) is 6.70. The molecule has 1 aromatic carbocycles. The number of rotatable bonds is 5. The van der Waals surface area contributed by atoms with Gasteiger partial charge in [0.2, 0.25) is 0 Å². The van der Waals surface area contributed by atoms with Crippen LogP contribution in [-0.4, -0.2) is 35.4 Å². The molecule has 5 nitrogen and oxygen atoms in total. The number of ether oxygens (including phenoxy) is 2. The van der Waals surface area contributed by atoms with Crippen LogP contribution < -0.4 is 5.73 Å². The third-order valence-electron chi connectivity index (χ3n) is 3.96. The van der Waals surface area contributed by atoms with E-state index >= 15 is 0 Å². The van der Waals surface area contributed by atoms with Gasteiger partial charge in [-0.2, -0.15) is 0 Å². The summed E-state index contributed by atoms with van der Waals surface area (Å²) in [7, 11) is 0. The zero-order valence-corrected chi connectivity index (χ0v) is 13.6. The average Bonchev–Trinajstić information content (AvgIpc) is 2.50. The van der Waals surface area contributed by atoms with E-state index in [1.807, 2.05) is 38.1 Å². The molecular formula is C17H27NO4. The highest BCUT2D eigenvalue weighted by atomic mass is 16.8. The minimum atomic E-state index is -1.96. The van der Waals surface area contributed by atoms with E-state index in [1.165, 1.54) is 5.56 Å². The summed E-state index contributed by atoms with van der Waals surface area (Å²) >= 11 is 0. The van der Waals surface area contributed by atoms with Crippen molar-refractivity contribution in [1.29, 1.82) is 0 Å². The second kappa shape index (κ2) is 6.64. The van der Waals surface area contributed by atoms with Crippen molar-refractivity contribution in [1.82, 2.24) is 0 Å². The highest BCUT2D eigenvalue weighted by Gasteiger charge is 2.47. The van der Waals surface area contributed by atoms with Gasteiger partial charge in [0.25, 0.3) is 5.97 Å². The lowest BCUT2D eigenvalue weighted by molar-refractivity contribution is -0.414. The van der Waals surface area contributed by atoms with Crippen molar-refractivity contribution in [2.24, 2.45) is 11.1 Å². The maximum Gasteiger partial charge on any atom is 0.299 e. The molecule has 0 bridgehead atoms. The third kappa shape index (κ3) is 3.86. The second-order valence-electron chi connectivity index (χ2n) is 6.83. The Morgan fingerprint density at radius 3 is 2.23 bits per heavy atom. The fraction of sp³-hybridized carbons (Fsp3) is 0.647. The SMILES string of the molecule is CCCc1ccc(C(O)C(N)C2(O)OCC(C)(C)CO2)cc1. The van der Waals surface area contributed by atoms with E-state index < -0.39 is 18.1 Å². The van der Waals surface area contributed by atoms with Gasteiger partial charge in [0, 0.05) is 5.41 Å². The van der Waals surface area contributed by atoms with Crippen molar-refractivity contribution in [2.45, 2.75) is 51.7 Å². The summed E-state index contributed by atoms with van der Waals surface area (Å²) in [6, 6.07) is 6.49. The summed E-state index contributed by atoms with van der Waals surface area (Å²) < 4.78 is 10.8. The number of nitrogens with two attached hydrogens (primary N) is 1. The van der Waals surface area contributed by atoms with Gasteiger partial charge in [-0.25, -0.2) is 0 Å². The number of benzene rings is 1. The molecule has 0 aromatic heterocycles. The van der Waals surface area contributed by atoms with E-state index in [0.717, 1.165) is 12.8 Å². The fourth-order valence-corrected chi connectivity index (χ4v) is 2.45. The fourth-order valence-electron chi connectivity index (χ4n) is 2.45. The Balaban J connectivity index is 2.06. The Morgan fingerprint density at radius 1 is 1.18 bits per heavy atom. The molecule has 0 saturated carbocycles. The van der Waals surface area contributed by atoms with Crippen LogP contribution in [-0.2, 0) is 15.9 Å². The summed E-state index contributed by atoms with van der Waals surface area (Å²) in [4.78, 5) is 0. The molecule has 1 aliphatic rings. The molecule has 2 rings (SSSR count). The largest absolute Gasteiger partial charge is 0.386 e. The van der Waals surface area contributed by atoms with Gasteiger partial charge in [-0.15, -0.1) is 0 Å². The van der Waals surface area contributed by atoms with Crippen molar-refractivity contribution < 1.29 is 19.7 Å². The van der Waals surface area contributed by atoms with Crippen molar-refractivity contribution in [3.63, 3.8) is 0 Å². The first-order valence-electron chi connectivity index (χ1n) is 7.80. The summed E-state index contributed by atoms with van der Waals surface area (Å²) in [6.07, 6.45) is 0.994. The quantitative estimate of drug-likeness (QED) is 0.771. The van der Waals surface area contributed by atoms with Crippen molar-refractivity contribution in [2.75, 3.05) is 13.2 Å². The molecule has 2 atom stereocenters. The Labute approximate surface area is 132 Å². The van der Waals surface area contributed by atoms with E-state index in [4.69, 9.17) is 15.2 Å². The molecule has 22 heavy (non-hydrogen) atoms. The molecule has 1 heterocycles. The lowest BCUT2D eigenvalue weighted by Crippen LogP contribution is -2.59. The average molecular weight is 309 g/mol. The van der Waals surface area contributed by atoms with Gasteiger partial charge in [-0.05, 0) is 17.5 Å². The molecule has 1 aromatic rings. The summed E-state index contributed by atoms with van der Waals surface area (Å²) in [5, 5.41) is 20.8. The molecule has 0 radical (unpaired) electrons. The van der Waals surface area contributed by atoms with Crippen LogP contribution >= 0.6 is 0 Å². The van der Waals surface area contributed by atoms with Crippen LogP contribution in [0.1, 0.15) is 44.4 Å². The van der Waals surface area contributed by atoms with Gasteiger partial charge < -0.3 is 25.4 Å². The molecule has 1 saturated heterocycles. The van der Waals surface area contributed by atoms with Crippen LogP contribution in [0.5, 0.6) is 0 Å². The number of hydrogen-bond acceptors (Lipinski definition) is 5. The van der Waals surface area contributed by atoms with Crippen LogP contribution in [0.2, 0.25) is 0 Å². The van der Waals surface area contributed by atoms with Crippen molar-refractivity contribution in [3.8, 4) is 0 Å². The third-order valence-corrected chi connectivity index (χ3v) is 3.96. The van der Waals surface area contributed by atoms with Gasteiger partial charge >= 0.3 is 0 Å². The van der Waals surface area contributed by atoms with Gasteiger partial charge in [-0.1, -0.05) is 51.5 Å². The molecule has 0 spiro atoms. The van der Waals surface area contributed by atoms with Crippen LogP contribution in [0.15, 0.2) is 24.3 Å². The van der Waals surface area contributed by atoms with Crippen molar-refractivity contribution >= 4 is 0 Å². The predicted octanol–water partition coefficient (Wildman–Crippen LogP) is 1.72. The highest BCUT2D eigenvalue weighted by Crippen LogP contribution is 2.33. The van der Waals surface area contributed by atoms with Gasteiger partial charge in [0.05, 0.1) is 13.2 Å². The number of aliphatic hydroxyl groups excluding tert-OH is 1. The molecule has 1 fully saturated rings. The number of aliphatic hydroxyl groups is 2. The van der Waals surface area contributed by atoms with Crippen LogP contribution in [0.4, 0.5) is 0 Å². The Kier molecular flexibility index (Phi) is 5.25. The Bertz CT molecular complexity index is 476. The van der Waals surface area contributed by atoms with E-state index in [-0.39, 0.29) is 5.41 Å². The van der Waals surface area contributed by atoms with Crippen molar-refractivity contribution in [3.05, 3.63) is 35.4 Å². The lowest BCUT2D eigenvalue weighted by atomic mass is 9.94. The number of hydrogen-bond donors (Lipinski definition) is 3. The first-order chi connectivity index (χ1) is 10.3. The molecule has 0 aliphatic carbocycles. The molecular weight excluding hydrogens is 282 g/mol. The maximum absolute atomic E-state index is 10.4. The number of aryl methyl sites for hydroxylation is 1. The Hall–Kier alpha value is -0.980. The molecule has 4 N–H and O–H groups in total. The molecule has 0 amide bonds. The predicted molar refractivity (Wildman–Crippen MR) is 84.0 cm³/mol. The maximum atomic E-state index is 10.4. The minimum absolute atomic E-state index is 0.182.